The zero-order chi connectivity index (χ0) is 20.8. The molecule has 154 valence electrons. The van der Waals surface area contributed by atoms with Crippen LogP contribution in [0.5, 0.6) is 0 Å². The van der Waals surface area contributed by atoms with Crippen molar-refractivity contribution in [2.45, 2.75) is 31.7 Å². The maximum absolute atomic E-state index is 12.3. The van der Waals surface area contributed by atoms with E-state index in [2.05, 4.69) is 15.6 Å². The number of likely N-dealkylation sites (N-methyl/N-ethyl adjacent to an activating group) is 1. The lowest BCUT2D eigenvalue weighted by molar-refractivity contribution is -0.138. The number of benzene rings is 1. The number of carbonyl (C=O) groups is 3. The summed E-state index contributed by atoms with van der Waals surface area (Å²) in [6.07, 6.45) is 3.42. The van der Waals surface area contributed by atoms with Crippen LogP contribution in [-0.4, -0.2) is 53.8 Å². The predicted molar refractivity (Wildman–Crippen MR) is 107 cm³/mol. The first-order valence-electron chi connectivity index (χ1n) is 9.47. The maximum atomic E-state index is 12.3. The van der Waals surface area contributed by atoms with Crippen LogP contribution in [0.4, 0.5) is 0 Å². The minimum atomic E-state index is -0.458. The van der Waals surface area contributed by atoms with E-state index in [9.17, 15) is 14.4 Å². The lowest BCUT2D eigenvalue weighted by Gasteiger charge is -2.23. The molecule has 0 saturated carbocycles. The minimum Gasteiger partial charge on any atom is -0.441 e. The Labute approximate surface area is 173 Å². The largest absolute Gasteiger partial charge is 0.441 e. The third kappa shape index (κ3) is 5.14. The number of oxazole rings is 1. The fraction of sp³-hybridized carbons (Fsp3) is 0.400. The molecule has 0 aliphatic carbocycles. The molecule has 3 rings (SSSR count). The number of rotatable bonds is 7. The Morgan fingerprint density at radius 1 is 1.31 bits per heavy atom. The van der Waals surface area contributed by atoms with Gasteiger partial charge in [-0.2, -0.15) is 0 Å². The second kappa shape index (κ2) is 9.56. The number of carbonyl (C=O) groups excluding carboxylic acids is 3. The molecule has 29 heavy (non-hydrogen) atoms. The van der Waals surface area contributed by atoms with Gasteiger partial charge in [-0.1, -0.05) is 23.7 Å². The number of nitrogens with zero attached hydrogens (tertiary/aromatic N) is 2. The van der Waals surface area contributed by atoms with Crippen LogP contribution in [0.25, 0.3) is 11.3 Å². The number of likely N-dealkylation sites (tertiary alicyclic amines) is 1. The molecule has 1 aliphatic heterocycles. The molecule has 2 heterocycles. The predicted octanol–water partition coefficient (Wildman–Crippen LogP) is 1.78. The van der Waals surface area contributed by atoms with E-state index >= 15 is 0 Å². The number of aryl methyl sites for hydroxylation is 1. The summed E-state index contributed by atoms with van der Waals surface area (Å²) in [6, 6.07) is 6.81. The highest BCUT2D eigenvalue weighted by Gasteiger charge is 2.33. The van der Waals surface area contributed by atoms with E-state index in [1.165, 1.54) is 4.90 Å². The van der Waals surface area contributed by atoms with Crippen molar-refractivity contribution in [3.63, 3.8) is 0 Å². The fourth-order valence-electron chi connectivity index (χ4n) is 3.30. The van der Waals surface area contributed by atoms with Gasteiger partial charge in [-0.15, -0.1) is 0 Å². The first kappa shape index (κ1) is 20.9. The summed E-state index contributed by atoms with van der Waals surface area (Å²) in [5, 5.41) is 5.73. The molecule has 3 amide bonds. The average molecular weight is 419 g/mol. The van der Waals surface area contributed by atoms with E-state index < -0.39 is 6.04 Å². The Morgan fingerprint density at radius 2 is 2.10 bits per heavy atom. The Kier molecular flexibility index (Phi) is 6.87. The van der Waals surface area contributed by atoms with Crippen molar-refractivity contribution in [2.75, 3.05) is 20.1 Å². The standard InChI is InChI=1S/C20H23ClN4O4/c1-22-20(28)15-7-4-10-25(15)19(27)12-23-17(26)8-9-18-24-11-16(29-18)13-5-2-3-6-14(13)21/h2-3,5-6,11,15H,4,7-10,12H2,1H3,(H,22,28)(H,23,26). The van der Waals surface area contributed by atoms with Crippen molar-refractivity contribution in [1.29, 1.82) is 0 Å². The van der Waals surface area contributed by atoms with Crippen LogP contribution < -0.4 is 10.6 Å². The molecule has 1 atom stereocenters. The fourth-order valence-corrected chi connectivity index (χ4v) is 3.53. The van der Waals surface area contributed by atoms with Gasteiger partial charge >= 0.3 is 0 Å². The first-order valence-corrected chi connectivity index (χ1v) is 9.84. The van der Waals surface area contributed by atoms with Crippen molar-refractivity contribution in [2.24, 2.45) is 0 Å². The van der Waals surface area contributed by atoms with Gasteiger partial charge in [0.05, 0.1) is 17.8 Å². The number of aromatic nitrogens is 1. The highest BCUT2D eigenvalue weighted by atomic mass is 35.5. The Balaban J connectivity index is 1.46. The number of nitrogens with one attached hydrogen (secondary N) is 2. The molecule has 8 nitrogen and oxygen atoms in total. The van der Waals surface area contributed by atoms with Crippen LogP contribution in [-0.2, 0) is 20.8 Å². The van der Waals surface area contributed by atoms with Crippen LogP contribution in [0, 0.1) is 0 Å². The Hall–Kier alpha value is -2.87. The van der Waals surface area contributed by atoms with Gasteiger partial charge in [-0.3, -0.25) is 14.4 Å². The minimum absolute atomic E-state index is 0.134. The van der Waals surface area contributed by atoms with E-state index in [0.29, 0.717) is 36.1 Å². The molecule has 1 saturated heterocycles. The molecule has 1 aliphatic rings. The quantitative estimate of drug-likeness (QED) is 0.713. The highest BCUT2D eigenvalue weighted by molar-refractivity contribution is 6.33. The zero-order valence-electron chi connectivity index (χ0n) is 16.1. The second-order valence-corrected chi connectivity index (χ2v) is 7.14. The molecule has 9 heteroatoms. The van der Waals surface area contributed by atoms with Gasteiger partial charge in [0.1, 0.15) is 6.04 Å². The van der Waals surface area contributed by atoms with E-state index in [1.54, 1.807) is 19.3 Å². The van der Waals surface area contributed by atoms with Crippen molar-refractivity contribution in [3.8, 4) is 11.3 Å². The lowest BCUT2D eigenvalue weighted by atomic mass is 10.2. The van der Waals surface area contributed by atoms with Crippen molar-refractivity contribution in [3.05, 3.63) is 41.4 Å². The molecule has 1 unspecified atom stereocenters. The van der Waals surface area contributed by atoms with Gasteiger partial charge in [0.25, 0.3) is 0 Å². The number of hydrogen-bond donors (Lipinski definition) is 2. The van der Waals surface area contributed by atoms with Gasteiger partial charge < -0.3 is 20.0 Å². The third-order valence-electron chi connectivity index (χ3n) is 4.82. The SMILES string of the molecule is CNC(=O)C1CCCN1C(=O)CNC(=O)CCc1ncc(-c2ccccc2Cl)o1. The second-order valence-electron chi connectivity index (χ2n) is 6.73. The number of hydrogen-bond acceptors (Lipinski definition) is 5. The lowest BCUT2D eigenvalue weighted by Crippen LogP contribution is -2.48. The molecule has 2 aromatic rings. The van der Waals surface area contributed by atoms with Gasteiger partial charge in [0.2, 0.25) is 17.7 Å². The van der Waals surface area contributed by atoms with Gasteiger partial charge in [-0.25, -0.2) is 4.98 Å². The normalized spacial score (nSPS) is 15.9. The van der Waals surface area contributed by atoms with E-state index in [-0.39, 0.29) is 30.7 Å². The van der Waals surface area contributed by atoms with Crippen molar-refractivity contribution in [1.82, 2.24) is 20.5 Å². The molecular weight excluding hydrogens is 396 g/mol. The van der Waals surface area contributed by atoms with Gasteiger partial charge in [-0.05, 0) is 25.0 Å². The molecule has 1 aromatic carbocycles. The van der Waals surface area contributed by atoms with Crippen LogP contribution in [0.1, 0.15) is 25.2 Å². The van der Waals surface area contributed by atoms with Crippen LogP contribution >= 0.6 is 11.6 Å². The van der Waals surface area contributed by atoms with Crippen LogP contribution in [0.15, 0.2) is 34.9 Å². The monoisotopic (exact) mass is 418 g/mol. The summed E-state index contributed by atoms with van der Waals surface area (Å²) in [5.74, 6) is 0.226. The topological polar surface area (TPSA) is 105 Å². The molecule has 1 aromatic heterocycles. The van der Waals surface area contributed by atoms with E-state index in [4.69, 9.17) is 16.0 Å². The first-order chi connectivity index (χ1) is 14.0. The van der Waals surface area contributed by atoms with Gasteiger partial charge in [0.15, 0.2) is 11.7 Å². The molecule has 1 fully saturated rings. The van der Waals surface area contributed by atoms with E-state index in [1.807, 2.05) is 18.2 Å². The summed E-state index contributed by atoms with van der Waals surface area (Å²) in [4.78, 5) is 41.9. The summed E-state index contributed by atoms with van der Waals surface area (Å²) in [7, 11) is 1.55. The van der Waals surface area contributed by atoms with Gasteiger partial charge in [0, 0.05) is 32.0 Å². The zero-order valence-corrected chi connectivity index (χ0v) is 16.9. The summed E-state index contributed by atoms with van der Waals surface area (Å²) in [5.41, 5.74) is 0.735. The smallest absolute Gasteiger partial charge is 0.242 e. The maximum Gasteiger partial charge on any atom is 0.242 e. The summed E-state index contributed by atoms with van der Waals surface area (Å²) >= 11 is 6.15. The Bertz CT molecular complexity index is 898. The van der Waals surface area contributed by atoms with Crippen LogP contribution in [0.3, 0.4) is 0 Å². The molecule has 0 radical (unpaired) electrons. The molecule has 0 bridgehead atoms. The average Bonchev–Trinajstić information content (AvgIpc) is 3.40. The molecule has 0 spiro atoms. The number of amides is 3. The van der Waals surface area contributed by atoms with Crippen molar-refractivity contribution >= 4 is 29.3 Å². The summed E-state index contributed by atoms with van der Waals surface area (Å²) < 4.78 is 5.67. The molecule has 2 N–H and O–H groups in total. The Morgan fingerprint density at radius 3 is 2.86 bits per heavy atom. The van der Waals surface area contributed by atoms with Crippen LogP contribution in [0.2, 0.25) is 5.02 Å². The van der Waals surface area contributed by atoms with Crippen molar-refractivity contribution < 1.29 is 18.8 Å². The third-order valence-corrected chi connectivity index (χ3v) is 5.15. The van der Waals surface area contributed by atoms with E-state index in [0.717, 1.165) is 12.0 Å². The highest BCUT2D eigenvalue weighted by Crippen LogP contribution is 2.28. The number of halogens is 1. The summed E-state index contributed by atoms with van der Waals surface area (Å²) in [6.45, 7) is 0.386. The molecular formula is C20H23ClN4O4.